The molecule has 5 rings (SSSR count). The molecule has 2 amide bonds. The molecule has 2 heterocycles. The summed E-state index contributed by atoms with van der Waals surface area (Å²) < 4.78 is 0. The van der Waals surface area contributed by atoms with Gasteiger partial charge >= 0.3 is 0 Å². The Kier molecular flexibility index (Phi) is 6.40. The molecule has 0 aliphatic carbocycles. The first-order valence-electron chi connectivity index (χ1n) is 12.7. The molecule has 0 saturated carbocycles. The van der Waals surface area contributed by atoms with Gasteiger partial charge in [-0.25, -0.2) is 0 Å². The molecule has 0 saturated heterocycles. The van der Waals surface area contributed by atoms with Gasteiger partial charge in [-0.1, -0.05) is 80.1 Å². The molecule has 0 radical (unpaired) electrons. The van der Waals surface area contributed by atoms with Crippen molar-refractivity contribution in [3.05, 3.63) is 95.1 Å². The van der Waals surface area contributed by atoms with Gasteiger partial charge in [0.2, 0.25) is 5.91 Å². The third-order valence-corrected chi connectivity index (χ3v) is 7.18. The van der Waals surface area contributed by atoms with Crippen molar-refractivity contribution in [2.45, 2.75) is 46.2 Å². The largest absolute Gasteiger partial charge is 0.354 e. The van der Waals surface area contributed by atoms with Crippen molar-refractivity contribution >= 4 is 22.7 Å². The predicted molar refractivity (Wildman–Crippen MR) is 145 cm³/mol. The summed E-state index contributed by atoms with van der Waals surface area (Å²) in [5, 5.41) is 4.11. The SMILES string of the molecule is Cc1ccc(-c2[nH]c3ccccc3c2C2c3ccccc3C(=O)N2C(C)C(=O)NCCC(C)C)cc1. The van der Waals surface area contributed by atoms with Crippen LogP contribution in [0.25, 0.3) is 22.2 Å². The summed E-state index contributed by atoms with van der Waals surface area (Å²) in [6.45, 7) is 8.78. The molecule has 2 unspecified atom stereocenters. The van der Waals surface area contributed by atoms with Gasteiger partial charge < -0.3 is 15.2 Å². The van der Waals surface area contributed by atoms with Crippen LogP contribution in [0.2, 0.25) is 0 Å². The first kappa shape index (κ1) is 23.9. The zero-order valence-corrected chi connectivity index (χ0v) is 21.3. The van der Waals surface area contributed by atoms with Gasteiger partial charge in [0.25, 0.3) is 5.91 Å². The van der Waals surface area contributed by atoms with Gasteiger partial charge in [0, 0.05) is 28.6 Å². The molecular weight excluding hydrogens is 446 g/mol. The predicted octanol–water partition coefficient (Wildman–Crippen LogP) is 6.24. The minimum atomic E-state index is -0.624. The molecule has 184 valence electrons. The first-order chi connectivity index (χ1) is 17.4. The molecule has 1 aromatic heterocycles. The third-order valence-electron chi connectivity index (χ3n) is 7.18. The van der Waals surface area contributed by atoms with E-state index in [0.717, 1.165) is 39.7 Å². The fourth-order valence-electron chi connectivity index (χ4n) is 5.18. The molecule has 1 aliphatic rings. The van der Waals surface area contributed by atoms with Gasteiger partial charge in [-0.05, 0) is 49.4 Å². The molecule has 4 aromatic rings. The fourth-order valence-corrected chi connectivity index (χ4v) is 5.18. The molecule has 36 heavy (non-hydrogen) atoms. The number of hydrogen-bond donors (Lipinski definition) is 2. The van der Waals surface area contributed by atoms with E-state index < -0.39 is 6.04 Å². The van der Waals surface area contributed by atoms with E-state index in [1.54, 1.807) is 4.90 Å². The number of nitrogens with one attached hydrogen (secondary N) is 2. The van der Waals surface area contributed by atoms with Crippen LogP contribution in [0, 0.1) is 12.8 Å². The van der Waals surface area contributed by atoms with E-state index in [4.69, 9.17) is 0 Å². The topological polar surface area (TPSA) is 65.2 Å². The maximum Gasteiger partial charge on any atom is 0.255 e. The van der Waals surface area contributed by atoms with Gasteiger partial charge in [-0.15, -0.1) is 0 Å². The smallest absolute Gasteiger partial charge is 0.255 e. The highest BCUT2D eigenvalue weighted by molar-refractivity contribution is 6.04. The van der Waals surface area contributed by atoms with E-state index >= 15 is 0 Å². The van der Waals surface area contributed by atoms with E-state index in [2.05, 4.69) is 67.5 Å². The van der Waals surface area contributed by atoms with Gasteiger partial charge in [0.1, 0.15) is 6.04 Å². The average Bonchev–Trinajstić information content (AvgIpc) is 3.39. The lowest BCUT2D eigenvalue weighted by molar-refractivity contribution is -0.125. The highest BCUT2D eigenvalue weighted by Gasteiger charge is 2.44. The molecule has 0 spiro atoms. The van der Waals surface area contributed by atoms with Gasteiger partial charge in [-0.2, -0.15) is 0 Å². The maximum atomic E-state index is 13.8. The summed E-state index contributed by atoms with van der Waals surface area (Å²) in [6.07, 6.45) is 0.899. The van der Waals surface area contributed by atoms with Crippen LogP contribution in [0.3, 0.4) is 0 Å². The van der Waals surface area contributed by atoms with Crippen LogP contribution in [0.15, 0.2) is 72.8 Å². The number of hydrogen-bond acceptors (Lipinski definition) is 2. The monoisotopic (exact) mass is 479 g/mol. The van der Waals surface area contributed by atoms with Crippen molar-refractivity contribution in [1.29, 1.82) is 0 Å². The van der Waals surface area contributed by atoms with Gasteiger partial charge in [0.05, 0.1) is 11.7 Å². The lowest BCUT2D eigenvalue weighted by Crippen LogP contribution is -2.47. The number of nitrogens with zero attached hydrogens (tertiary/aromatic N) is 1. The van der Waals surface area contributed by atoms with Crippen LogP contribution in [0.5, 0.6) is 0 Å². The number of rotatable bonds is 7. The lowest BCUT2D eigenvalue weighted by Gasteiger charge is -2.31. The fraction of sp³-hybridized carbons (Fsp3) is 0.290. The Hall–Kier alpha value is -3.86. The van der Waals surface area contributed by atoms with Crippen molar-refractivity contribution in [3.8, 4) is 11.3 Å². The van der Waals surface area contributed by atoms with E-state index in [-0.39, 0.29) is 17.9 Å². The number of fused-ring (bicyclic) bond motifs is 2. The van der Waals surface area contributed by atoms with Crippen molar-refractivity contribution in [2.24, 2.45) is 5.92 Å². The Morgan fingerprint density at radius 1 is 0.972 bits per heavy atom. The summed E-state index contributed by atoms with van der Waals surface area (Å²) in [5.74, 6) is 0.259. The number of amides is 2. The number of aryl methyl sites for hydroxylation is 1. The number of aromatic amines is 1. The van der Waals surface area contributed by atoms with Crippen LogP contribution >= 0.6 is 0 Å². The van der Waals surface area contributed by atoms with Gasteiger partial charge in [-0.3, -0.25) is 9.59 Å². The molecule has 5 heteroatoms. The summed E-state index contributed by atoms with van der Waals surface area (Å²) in [5.41, 5.74) is 6.84. The number of para-hydroxylation sites is 1. The molecule has 0 bridgehead atoms. The number of carbonyl (C=O) groups excluding carboxylic acids is 2. The number of benzene rings is 3. The summed E-state index contributed by atoms with van der Waals surface area (Å²) in [6, 6.07) is 23.3. The Labute approximate surface area is 212 Å². The number of aromatic nitrogens is 1. The maximum absolute atomic E-state index is 13.8. The standard InChI is InChI=1S/C31H33N3O2/c1-19(2)17-18-32-30(35)21(4)34-29(23-9-5-6-10-24(23)31(34)36)27-25-11-7-8-12-26(25)33-28(27)22-15-13-20(3)14-16-22/h5-16,19,21,29,33H,17-18H2,1-4H3,(H,32,35). The zero-order valence-electron chi connectivity index (χ0n) is 21.3. The van der Waals surface area contributed by atoms with Crippen molar-refractivity contribution in [3.63, 3.8) is 0 Å². The molecule has 2 N–H and O–H groups in total. The quantitative estimate of drug-likeness (QED) is 0.330. The van der Waals surface area contributed by atoms with Crippen molar-refractivity contribution in [1.82, 2.24) is 15.2 Å². The van der Waals surface area contributed by atoms with Gasteiger partial charge in [0.15, 0.2) is 0 Å². The molecular formula is C31H33N3O2. The van der Waals surface area contributed by atoms with Crippen LogP contribution < -0.4 is 5.32 Å². The summed E-state index contributed by atoms with van der Waals surface area (Å²) in [7, 11) is 0. The highest BCUT2D eigenvalue weighted by Crippen LogP contribution is 2.46. The van der Waals surface area contributed by atoms with Crippen LogP contribution in [-0.2, 0) is 4.79 Å². The van der Waals surface area contributed by atoms with E-state index in [1.807, 2.05) is 43.3 Å². The highest BCUT2D eigenvalue weighted by atomic mass is 16.2. The normalized spacial score (nSPS) is 16.0. The summed E-state index contributed by atoms with van der Waals surface area (Å²) in [4.78, 5) is 32.4. The van der Waals surface area contributed by atoms with Crippen LogP contribution in [-0.4, -0.2) is 34.3 Å². The van der Waals surface area contributed by atoms with Crippen molar-refractivity contribution < 1.29 is 9.59 Å². The second-order valence-corrected chi connectivity index (χ2v) is 10.2. The van der Waals surface area contributed by atoms with Crippen LogP contribution in [0.1, 0.15) is 60.3 Å². The summed E-state index contributed by atoms with van der Waals surface area (Å²) >= 11 is 0. The Morgan fingerprint density at radius 2 is 1.67 bits per heavy atom. The number of H-pyrrole nitrogens is 1. The Bertz CT molecular complexity index is 1420. The van der Waals surface area contributed by atoms with Crippen LogP contribution in [0.4, 0.5) is 0 Å². The second kappa shape index (κ2) is 9.65. The molecule has 1 aliphatic heterocycles. The molecule has 0 fully saturated rings. The Balaban J connectivity index is 1.66. The molecule has 5 nitrogen and oxygen atoms in total. The van der Waals surface area contributed by atoms with E-state index in [9.17, 15) is 9.59 Å². The minimum absolute atomic E-state index is 0.109. The van der Waals surface area contributed by atoms with E-state index in [1.165, 1.54) is 5.56 Å². The number of carbonyl (C=O) groups is 2. The minimum Gasteiger partial charge on any atom is -0.354 e. The lowest BCUT2D eigenvalue weighted by atomic mass is 9.92. The second-order valence-electron chi connectivity index (χ2n) is 10.2. The Morgan fingerprint density at radius 3 is 2.42 bits per heavy atom. The average molecular weight is 480 g/mol. The molecule has 2 atom stereocenters. The first-order valence-corrected chi connectivity index (χ1v) is 12.7. The molecule has 3 aromatic carbocycles. The third kappa shape index (κ3) is 4.19. The van der Waals surface area contributed by atoms with Crippen molar-refractivity contribution in [2.75, 3.05) is 6.54 Å². The zero-order chi connectivity index (χ0) is 25.4. The van der Waals surface area contributed by atoms with E-state index in [0.29, 0.717) is 18.0 Å².